The minimum atomic E-state index is -6.10. The van der Waals surface area contributed by atoms with Crippen LogP contribution in [0.2, 0.25) is 0 Å². The van der Waals surface area contributed by atoms with Gasteiger partial charge in [0.2, 0.25) is 0 Å². The second kappa shape index (κ2) is 3.05. The zero-order valence-electron chi connectivity index (χ0n) is 2.40. The van der Waals surface area contributed by atoms with Gasteiger partial charge in [-0.15, -0.1) is 0 Å². The van der Waals surface area contributed by atoms with Gasteiger partial charge in [-0.3, -0.25) is 0 Å². The fourth-order valence-electron chi connectivity index (χ4n) is 0. The molecule has 6 heteroatoms. The Balaban J connectivity index is 0. The molecule has 0 heterocycles. The molecule has 0 aliphatic carbocycles. The van der Waals surface area contributed by atoms with Gasteiger partial charge in [0, 0.05) is 0 Å². The summed E-state index contributed by atoms with van der Waals surface area (Å²) in [5.41, 5.74) is 0. The Morgan fingerprint density at radius 1 is 1.17 bits per heavy atom. The molecule has 0 aromatic carbocycles. The van der Waals surface area contributed by atoms with E-state index in [9.17, 15) is 0 Å². The molecule has 6 heavy (non-hydrogen) atoms. The first-order valence-corrected chi connectivity index (χ1v) is 4.90. The van der Waals surface area contributed by atoms with Crippen LogP contribution in [0, 0.1) is 0 Å². The Bertz CT molecular complexity index is 53.7. The van der Waals surface area contributed by atoms with Crippen LogP contribution in [0.25, 0.3) is 0 Å². The Labute approximate surface area is 49.8 Å². The summed E-state index contributed by atoms with van der Waals surface area (Å²) in [6.45, 7) is 0. The molecule has 0 aromatic heterocycles. The summed E-state index contributed by atoms with van der Waals surface area (Å²) in [5.74, 6) is 0. The van der Waals surface area contributed by atoms with E-state index in [1.165, 1.54) is 0 Å². The van der Waals surface area contributed by atoms with Crippen molar-refractivity contribution >= 4 is 20.1 Å². The van der Waals surface area contributed by atoms with Crippen molar-refractivity contribution in [2.45, 2.75) is 0 Å². The summed E-state index contributed by atoms with van der Waals surface area (Å²) in [4.78, 5) is 0. The Morgan fingerprint density at radius 2 is 1.17 bits per heavy atom. The van der Waals surface area contributed by atoms with Crippen LogP contribution < -0.4 is 10.2 Å². The van der Waals surface area contributed by atoms with Gasteiger partial charge in [0.05, 0.1) is 0 Å². The maximum absolute atomic E-state index is 8.64. The fourth-order valence-corrected chi connectivity index (χ4v) is 0. The van der Waals surface area contributed by atoms with Gasteiger partial charge in [-0.1, -0.05) is 0 Å². The second-order valence-electron chi connectivity index (χ2n) is 0.447. The molecular weight excluding hydrogens is 244 g/mol. The third-order valence-electron chi connectivity index (χ3n) is 0. The van der Waals surface area contributed by atoms with Gasteiger partial charge in [-0.25, -0.2) is 0 Å². The molecule has 0 fully saturated rings. The molecule has 1 radical (unpaired) electrons. The van der Waals surface area contributed by atoms with Crippen LogP contribution in [0.1, 0.15) is 0 Å². The quantitative estimate of drug-likeness (QED) is 0.406. The van der Waals surface area contributed by atoms with Crippen LogP contribution >= 0.6 is 0 Å². The first-order chi connectivity index (χ1) is 2.00. The van der Waals surface area contributed by atoms with E-state index in [0.717, 1.165) is 0 Å². The third kappa shape index (κ3) is 80.9. The molecule has 4 nitrogen and oxygen atoms in total. The van der Waals surface area contributed by atoms with Gasteiger partial charge >= 0.3 is 49.7 Å². The second-order valence-corrected chi connectivity index (χ2v) is 3.00. The first kappa shape index (κ1) is 10.1. The normalized spacial score (nSPS) is 9.83. The van der Waals surface area contributed by atoms with Crippen molar-refractivity contribution < 1.29 is 29.7 Å². The summed E-state index contributed by atoms with van der Waals surface area (Å²) >= 11 is -6.10. The van der Waals surface area contributed by atoms with E-state index in [-0.39, 0.29) is 16.5 Å². The monoisotopic (exact) mass is 243 g/mol. The molecule has 0 atom stereocenters. The van der Waals surface area contributed by atoms with Crippen molar-refractivity contribution in [1.29, 1.82) is 0 Å². The van der Waals surface area contributed by atoms with E-state index < -0.39 is 20.1 Å². The Hall–Kier alpha value is 0.992. The van der Waals surface area contributed by atoms with Crippen molar-refractivity contribution in [3.63, 3.8) is 0 Å². The van der Waals surface area contributed by atoms with E-state index in [1.54, 1.807) is 0 Å². The van der Waals surface area contributed by atoms with Crippen molar-refractivity contribution in [3.8, 4) is 0 Å². The minimum absolute atomic E-state index is 0. The average molecular weight is 244 g/mol. The zero-order chi connectivity index (χ0) is 4.50. The molecule has 0 aliphatic rings. The molecular formula is NiO4Sb. The van der Waals surface area contributed by atoms with Crippen molar-refractivity contribution in [2.75, 3.05) is 0 Å². The molecule has 0 aliphatic heterocycles. The standard InChI is InChI=1S/Ni.4O.Sb/q+3;;3*-1;. The average Bonchev–Trinajstić information content (AvgIpc) is 0.722. The number of hydrogen-bond acceptors (Lipinski definition) is 4. The predicted octanol–water partition coefficient (Wildman–Crippen LogP) is -4.07. The zero-order valence-corrected chi connectivity index (χ0v) is 5.94. The number of hydrogen-bond donors (Lipinski definition) is 0. The van der Waals surface area contributed by atoms with Crippen molar-refractivity contribution in [3.05, 3.63) is 0 Å². The molecule has 0 bridgehead atoms. The van der Waals surface area contributed by atoms with Gasteiger partial charge in [0.1, 0.15) is 0 Å². The first-order valence-electron chi connectivity index (χ1n) is 0.730. The molecule has 0 rings (SSSR count). The molecule has 0 spiro atoms. The Kier molecular flexibility index (Phi) is 5.13. The van der Waals surface area contributed by atoms with Gasteiger partial charge in [0.15, 0.2) is 0 Å². The number of rotatable bonds is 0. The molecule has 0 aromatic rings. The summed E-state index contributed by atoms with van der Waals surface area (Å²) < 4.78 is 34.6. The summed E-state index contributed by atoms with van der Waals surface area (Å²) in [6, 6.07) is 0. The van der Waals surface area contributed by atoms with Crippen LogP contribution in [0.5, 0.6) is 0 Å². The molecule has 0 saturated carbocycles. The van der Waals surface area contributed by atoms with Crippen LogP contribution in [0.3, 0.4) is 0 Å². The van der Waals surface area contributed by atoms with E-state index >= 15 is 0 Å². The topological polar surface area (TPSA) is 86.2 Å². The van der Waals surface area contributed by atoms with Crippen LogP contribution in [0.4, 0.5) is 0 Å². The van der Waals surface area contributed by atoms with E-state index in [2.05, 4.69) is 0 Å². The SMILES string of the molecule is [Ni+3].[O]=[Sb]([O-])([O-])[O-]. The molecule has 0 unspecified atom stereocenters. The third-order valence-corrected chi connectivity index (χ3v) is 0. The summed E-state index contributed by atoms with van der Waals surface area (Å²) in [6.07, 6.45) is 0. The molecule has 39 valence electrons. The van der Waals surface area contributed by atoms with Crippen LogP contribution in [-0.2, 0) is 19.5 Å². The van der Waals surface area contributed by atoms with E-state index in [0.29, 0.717) is 0 Å². The van der Waals surface area contributed by atoms with Crippen LogP contribution in [0.15, 0.2) is 0 Å². The van der Waals surface area contributed by atoms with E-state index in [4.69, 9.17) is 13.2 Å². The van der Waals surface area contributed by atoms with Crippen LogP contribution in [-0.4, -0.2) is 20.1 Å². The summed E-state index contributed by atoms with van der Waals surface area (Å²) in [7, 11) is 0. The predicted molar refractivity (Wildman–Crippen MR) is 6.44 cm³/mol. The van der Waals surface area contributed by atoms with Gasteiger partial charge in [0.25, 0.3) is 0 Å². The molecule has 0 N–H and O–H groups in total. The molecule has 0 saturated heterocycles. The van der Waals surface area contributed by atoms with Crippen molar-refractivity contribution in [1.82, 2.24) is 0 Å². The molecule has 0 amide bonds. The van der Waals surface area contributed by atoms with E-state index in [1.807, 2.05) is 0 Å². The van der Waals surface area contributed by atoms with Crippen molar-refractivity contribution in [2.24, 2.45) is 0 Å². The fraction of sp³-hybridized carbons (Fsp3) is 0. The van der Waals surface area contributed by atoms with Gasteiger partial charge in [-0.2, -0.15) is 0 Å². The van der Waals surface area contributed by atoms with Gasteiger partial charge < -0.3 is 0 Å². The summed E-state index contributed by atoms with van der Waals surface area (Å²) in [5, 5.41) is 0. The Morgan fingerprint density at radius 3 is 1.17 bits per heavy atom. The van der Waals surface area contributed by atoms with Gasteiger partial charge in [-0.05, 0) is 0 Å². The maximum atomic E-state index is 8.64.